The monoisotopic (exact) mass is 254 g/mol. The maximum Gasteiger partial charge on any atom is 0.419 e. The van der Waals surface area contributed by atoms with E-state index in [1.165, 1.54) is 13.8 Å². The van der Waals surface area contributed by atoms with E-state index in [1.54, 1.807) is 0 Å². The molecule has 0 aliphatic rings. The third-order valence-electron chi connectivity index (χ3n) is 1.40. The van der Waals surface area contributed by atoms with Crippen LogP contribution in [0, 0.1) is 0 Å². The predicted molar refractivity (Wildman–Crippen MR) is 56.1 cm³/mol. The average molecular weight is 255 g/mol. The zero-order valence-electron chi connectivity index (χ0n) is 8.65. The third-order valence-corrected chi connectivity index (χ3v) is 1.72. The number of nitrogens with one attached hydrogen (secondary N) is 1. The third kappa shape index (κ3) is 4.97. The molecule has 0 unspecified atom stereocenters. The Kier molecular flexibility index (Phi) is 5.23. The van der Waals surface area contributed by atoms with E-state index in [0.29, 0.717) is 6.08 Å². The lowest BCUT2D eigenvalue weighted by Gasteiger charge is -2.10. The highest BCUT2D eigenvalue weighted by molar-refractivity contribution is 6.30. The minimum Gasteiger partial charge on any atom is -0.330 e. The summed E-state index contributed by atoms with van der Waals surface area (Å²) in [5, 5.41) is 1.43. The molecule has 0 saturated heterocycles. The summed E-state index contributed by atoms with van der Waals surface area (Å²) in [6.07, 6.45) is -3.96. The maximum atomic E-state index is 12.5. The fourth-order valence-corrected chi connectivity index (χ4v) is 1.04. The van der Waals surface area contributed by atoms with Gasteiger partial charge in [0.1, 0.15) is 5.16 Å². The van der Waals surface area contributed by atoms with Gasteiger partial charge in [-0.2, -0.15) is 13.2 Å². The van der Waals surface area contributed by atoms with Crippen molar-refractivity contribution in [2.75, 3.05) is 0 Å². The number of aliphatic imine (C=N–C) groups is 1. The van der Waals surface area contributed by atoms with Crippen LogP contribution in [0.4, 0.5) is 13.2 Å². The number of rotatable bonds is 3. The van der Waals surface area contributed by atoms with E-state index in [4.69, 9.17) is 11.6 Å². The summed E-state index contributed by atoms with van der Waals surface area (Å²) < 4.78 is 37.4. The van der Waals surface area contributed by atoms with Gasteiger partial charge < -0.3 is 5.32 Å². The first-order valence-electron chi connectivity index (χ1n) is 4.08. The van der Waals surface area contributed by atoms with Crippen molar-refractivity contribution in [2.24, 2.45) is 4.99 Å². The van der Waals surface area contributed by atoms with Crippen LogP contribution in [0.3, 0.4) is 0 Å². The summed E-state index contributed by atoms with van der Waals surface area (Å²) in [6, 6.07) is 0. The number of hydrogen-bond donors (Lipinski definition) is 1. The molecule has 0 radical (unpaired) electrons. The molecule has 1 amide bonds. The second-order valence-corrected chi connectivity index (χ2v) is 3.23. The Labute approximate surface area is 95.7 Å². The van der Waals surface area contributed by atoms with Crippen molar-refractivity contribution >= 4 is 24.2 Å². The van der Waals surface area contributed by atoms with Gasteiger partial charge >= 0.3 is 6.18 Å². The maximum absolute atomic E-state index is 12.5. The summed E-state index contributed by atoms with van der Waals surface area (Å²) in [5.74, 6) is -0.474. The van der Waals surface area contributed by atoms with Crippen LogP contribution < -0.4 is 5.32 Å². The molecule has 0 rings (SSSR count). The topological polar surface area (TPSA) is 41.5 Å². The van der Waals surface area contributed by atoms with E-state index >= 15 is 0 Å². The molecule has 0 aromatic carbocycles. The number of carbonyl (C=O) groups excluding carboxylic acids is 1. The summed E-state index contributed by atoms with van der Waals surface area (Å²) in [6.45, 7) is 5.39. The number of halogens is 4. The molecule has 3 nitrogen and oxygen atoms in total. The average Bonchev–Trinajstić information content (AvgIpc) is 2.10. The van der Waals surface area contributed by atoms with Crippen LogP contribution in [-0.4, -0.2) is 18.8 Å². The molecule has 0 spiro atoms. The van der Waals surface area contributed by atoms with Gasteiger partial charge in [-0.3, -0.25) is 9.79 Å². The Bertz CT molecular complexity index is 358. The highest BCUT2D eigenvalue weighted by atomic mass is 35.5. The molecule has 0 fully saturated rings. The summed E-state index contributed by atoms with van der Waals surface area (Å²) in [4.78, 5) is 13.6. The van der Waals surface area contributed by atoms with Gasteiger partial charge in [-0.15, -0.1) is 0 Å². The van der Waals surface area contributed by atoms with Crippen molar-refractivity contribution in [3.63, 3.8) is 0 Å². The largest absolute Gasteiger partial charge is 0.419 e. The predicted octanol–water partition coefficient (Wildman–Crippen LogP) is 2.74. The van der Waals surface area contributed by atoms with Gasteiger partial charge in [0.05, 0.1) is 5.57 Å². The molecule has 7 heteroatoms. The van der Waals surface area contributed by atoms with Crippen LogP contribution >= 0.6 is 11.6 Å². The Balaban J connectivity index is 5.27. The summed E-state index contributed by atoms with van der Waals surface area (Å²) >= 11 is 5.27. The summed E-state index contributed by atoms with van der Waals surface area (Å²) in [7, 11) is 0. The Morgan fingerprint density at radius 3 is 2.25 bits per heavy atom. The van der Waals surface area contributed by atoms with E-state index in [2.05, 4.69) is 17.0 Å². The van der Waals surface area contributed by atoms with Gasteiger partial charge in [0.25, 0.3) is 0 Å². The zero-order chi connectivity index (χ0) is 12.9. The molecule has 1 N–H and O–H groups in total. The second-order valence-electron chi connectivity index (χ2n) is 2.87. The SMILES string of the molecule is C=N/C(Cl)=C(\C=C(/C)NC(C)=O)C(F)(F)F. The van der Waals surface area contributed by atoms with Crippen molar-refractivity contribution in [2.45, 2.75) is 20.0 Å². The van der Waals surface area contributed by atoms with Gasteiger partial charge in [0, 0.05) is 12.6 Å². The molecule has 0 aliphatic heterocycles. The number of carbonyl (C=O) groups is 1. The van der Waals surface area contributed by atoms with Crippen molar-refractivity contribution in [3.05, 3.63) is 22.5 Å². The van der Waals surface area contributed by atoms with Gasteiger partial charge in [0.2, 0.25) is 5.91 Å². The van der Waals surface area contributed by atoms with Gasteiger partial charge in [-0.05, 0) is 19.7 Å². The standard InChI is InChI=1S/C9H10ClF3N2O/c1-5(15-6(2)16)4-7(8(10)14-3)9(11,12)13/h4H,3H2,1-2H3,(H,15,16)/b5-4+,8-7+. The Morgan fingerprint density at radius 2 is 1.94 bits per heavy atom. The van der Waals surface area contributed by atoms with Crippen LogP contribution in [0.1, 0.15) is 13.8 Å². The van der Waals surface area contributed by atoms with Crippen LogP contribution in [0.5, 0.6) is 0 Å². The molecule has 90 valence electrons. The molecular weight excluding hydrogens is 245 g/mol. The lowest BCUT2D eigenvalue weighted by molar-refractivity contribution is -0.118. The minimum atomic E-state index is -4.65. The number of alkyl halides is 3. The highest BCUT2D eigenvalue weighted by Gasteiger charge is 2.35. The fraction of sp³-hybridized carbons (Fsp3) is 0.333. The van der Waals surface area contributed by atoms with E-state index in [-0.39, 0.29) is 5.70 Å². The van der Waals surface area contributed by atoms with E-state index in [9.17, 15) is 18.0 Å². The molecule has 0 aliphatic carbocycles. The molecular formula is C9H10ClF3N2O. The lowest BCUT2D eigenvalue weighted by Crippen LogP contribution is -2.19. The lowest BCUT2D eigenvalue weighted by atomic mass is 10.2. The van der Waals surface area contributed by atoms with Crippen molar-refractivity contribution in [1.82, 2.24) is 5.32 Å². The first-order valence-corrected chi connectivity index (χ1v) is 4.46. The highest BCUT2D eigenvalue weighted by Crippen LogP contribution is 2.31. The zero-order valence-corrected chi connectivity index (χ0v) is 9.41. The Morgan fingerprint density at radius 1 is 1.44 bits per heavy atom. The molecule has 0 atom stereocenters. The molecule has 0 bridgehead atoms. The number of nitrogens with zero attached hydrogens (tertiary/aromatic N) is 1. The normalized spacial score (nSPS) is 14.2. The van der Waals surface area contributed by atoms with Crippen LogP contribution in [0.2, 0.25) is 0 Å². The molecule has 0 aromatic heterocycles. The second kappa shape index (κ2) is 5.69. The minimum absolute atomic E-state index is 0.0154. The summed E-state index contributed by atoms with van der Waals surface area (Å²) in [5.41, 5.74) is -1.14. The van der Waals surface area contributed by atoms with E-state index in [1.807, 2.05) is 0 Å². The first-order chi connectivity index (χ1) is 7.18. The van der Waals surface area contributed by atoms with Gasteiger partial charge in [-0.1, -0.05) is 11.6 Å². The van der Waals surface area contributed by atoms with E-state index < -0.39 is 22.8 Å². The van der Waals surface area contributed by atoms with Crippen LogP contribution in [-0.2, 0) is 4.79 Å². The smallest absolute Gasteiger partial charge is 0.330 e. The number of amides is 1. The van der Waals surface area contributed by atoms with Crippen LogP contribution in [0.15, 0.2) is 27.5 Å². The molecule has 0 saturated carbocycles. The number of hydrogen-bond acceptors (Lipinski definition) is 2. The first kappa shape index (κ1) is 14.7. The van der Waals surface area contributed by atoms with Gasteiger partial charge in [0.15, 0.2) is 0 Å². The molecule has 0 heterocycles. The molecule has 0 aromatic rings. The van der Waals surface area contributed by atoms with Crippen molar-refractivity contribution < 1.29 is 18.0 Å². The van der Waals surface area contributed by atoms with Crippen molar-refractivity contribution in [1.29, 1.82) is 0 Å². The van der Waals surface area contributed by atoms with Crippen LogP contribution in [0.25, 0.3) is 0 Å². The van der Waals surface area contributed by atoms with Gasteiger partial charge in [-0.25, -0.2) is 0 Å². The quantitative estimate of drug-likeness (QED) is 0.470. The Hall–Kier alpha value is -1.30. The number of allylic oxidation sites excluding steroid dienone is 3. The van der Waals surface area contributed by atoms with E-state index in [0.717, 1.165) is 0 Å². The molecule has 16 heavy (non-hydrogen) atoms. The van der Waals surface area contributed by atoms with Crippen molar-refractivity contribution in [3.8, 4) is 0 Å². The fourth-order valence-electron chi connectivity index (χ4n) is 0.874.